The van der Waals surface area contributed by atoms with Crippen molar-refractivity contribution in [1.82, 2.24) is 0 Å². The van der Waals surface area contributed by atoms with Gasteiger partial charge in [0.1, 0.15) is 0 Å². The van der Waals surface area contributed by atoms with Crippen molar-refractivity contribution in [3.63, 3.8) is 0 Å². The summed E-state index contributed by atoms with van der Waals surface area (Å²) in [7, 11) is 0. The molecule has 0 atom stereocenters. The minimum absolute atomic E-state index is 0.152. The summed E-state index contributed by atoms with van der Waals surface area (Å²) in [6.07, 6.45) is 0. The van der Waals surface area contributed by atoms with E-state index in [1.54, 1.807) is 19.1 Å². The van der Waals surface area contributed by atoms with Crippen molar-refractivity contribution < 1.29 is 4.92 Å². The molecule has 4 nitrogen and oxygen atoms in total. The summed E-state index contributed by atoms with van der Waals surface area (Å²) in [5, 5.41) is 14.2. The molecule has 0 saturated heterocycles. The number of hydrogen-bond donors (Lipinski definition) is 1. The first-order chi connectivity index (χ1) is 9.47. The summed E-state index contributed by atoms with van der Waals surface area (Å²) in [5.74, 6) is 0. The average Bonchev–Trinajstić information content (AvgIpc) is 2.39. The maximum absolute atomic E-state index is 10.9. The van der Waals surface area contributed by atoms with Crippen LogP contribution < -0.4 is 5.32 Å². The van der Waals surface area contributed by atoms with Gasteiger partial charge in [0.2, 0.25) is 0 Å². The van der Waals surface area contributed by atoms with Crippen molar-refractivity contribution in [3.05, 3.63) is 66.6 Å². The molecular weight excluding hydrogens is 388 g/mol. The normalized spacial score (nSPS) is 10.3. The maximum Gasteiger partial charge on any atom is 0.272 e. The number of benzene rings is 2. The predicted molar refractivity (Wildman–Crippen MR) is 87.0 cm³/mol. The Morgan fingerprint density at radius 2 is 1.95 bits per heavy atom. The van der Waals surface area contributed by atoms with Crippen molar-refractivity contribution >= 4 is 43.2 Å². The van der Waals surface area contributed by atoms with E-state index in [9.17, 15) is 10.1 Å². The second kappa shape index (κ2) is 6.37. The fraction of sp³-hybridized carbons (Fsp3) is 0.143. The minimum atomic E-state index is -0.353. The van der Waals surface area contributed by atoms with Crippen molar-refractivity contribution in [1.29, 1.82) is 0 Å². The Bertz CT molecular complexity index is 660. The van der Waals surface area contributed by atoms with Crippen molar-refractivity contribution in [3.8, 4) is 0 Å². The molecule has 20 heavy (non-hydrogen) atoms. The van der Waals surface area contributed by atoms with Gasteiger partial charge in [-0.25, -0.2) is 0 Å². The fourth-order valence-electron chi connectivity index (χ4n) is 1.79. The second-order valence-electron chi connectivity index (χ2n) is 4.36. The van der Waals surface area contributed by atoms with Crippen LogP contribution in [0.2, 0.25) is 0 Å². The van der Waals surface area contributed by atoms with Crippen LogP contribution in [0.1, 0.15) is 11.1 Å². The van der Waals surface area contributed by atoms with Gasteiger partial charge in [-0.1, -0.05) is 28.1 Å². The van der Waals surface area contributed by atoms with Gasteiger partial charge in [0.25, 0.3) is 5.69 Å². The predicted octanol–water partition coefficient (Wildman–Crippen LogP) is 5.04. The van der Waals surface area contributed by atoms with E-state index in [1.165, 1.54) is 0 Å². The highest BCUT2D eigenvalue weighted by Gasteiger charge is 2.11. The number of halogens is 2. The zero-order valence-corrected chi connectivity index (χ0v) is 13.9. The summed E-state index contributed by atoms with van der Waals surface area (Å²) in [4.78, 5) is 10.6. The van der Waals surface area contributed by atoms with E-state index in [0.717, 1.165) is 20.2 Å². The lowest BCUT2D eigenvalue weighted by atomic mass is 10.1. The molecule has 6 heteroatoms. The first-order valence-electron chi connectivity index (χ1n) is 5.90. The zero-order valence-electron chi connectivity index (χ0n) is 10.7. The Kier molecular flexibility index (Phi) is 4.77. The molecule has 0 aliphatic heterocycles. The number of nitrogens with zero attached hydrogens (tertiary/aromatic N) is 1. The van der Waals surface area contributed by atoms with Gasteiger partial charge in [-0.2, -0.15) is 0 Å². The van der Waals surface area contributed by atoms with E-state index < -0.39 is 0 Å². The van der Waals surface area contributed by atoms with E-state index >= 15 is 0 Å². The molecule has 0 heterocycles. The number of anilines is 1. The van der Waals surface area contributed by atoms with Gasteiger partial charge in [0, 0.05) is 32.8 Å². The molecule has 0 amide bonds. The molecule has 1 N–H and O–H groups in total. The molecule has 0 aliphatic rings. The third kappa shape index (κ3) is 3.58. The summed E-state index contributed by atoms with van der Waals surface area (Å²) in [6, 6.07) is 11.1. The number of nitro groups is 1. The highest BCUT2D eigenvalue weighted by Crippen LogP contribution is 2.27. The molecule has 2 aromatic rings. The Hall–Kier alpha value is -1.40. The lowest BCUT2D eigenvalue weighted by molar-refractivity contribution is -0.385. The number of aryl methyl sites for hydroxylation is 1. The van der Waals surface area contributed by atoms with Gasteiger partial charge >= 0.3 is 0 Å². The lowest BCUT2D eigenvalue weighted by Gasteiger charge is -2.09. The molecule has 0 saturated carbocycles. The van der Waals surface area contributed by atoms with E-state index in [0.29, 0.717) is 12.1 Å². The molecule has 2 rings (SSSR count). The van der Waals surface area contributed by atoms with Crippen molar-refractivity contribution in [2.75, 3.05) is 5.32 Å². The molecule has 2 aromatic carbocycles. The van der Waals surface area contributed by atoms with Gasteiger partial charge in [0.05, 0.1) is 4.92 Å². The summed E-state index contributed by atoms with van der Waals surface area (Å²) < 4.78 is 1.93. The molecule has 0 spiro atoms. The zero-order chi connectivity index (χ0) is 14.7. The van der Waals surface area contributed by atoms with E-state index in [-0.39, 0.29) is 10.6 Å². The molecule has 0 radical (unpaired) electrons. The van der Waals surface area contributed by atoms with Crippen LogP contribution in [0.3, 0.4) is 0 Å². The topological polar surface area (TPSA) is 55.2 Å². The minimum Gasteiger partial charge on any atom is -0.380 e. The van der Waals surface area contributed by atoms with Crippen LogP contribution in [0, 0.1) is 17.0 Å². The SMILES string of the molecule is Cc1ccc(CNc2ccc(Br)cc2Br)cc1[N+](=O)[O-]. The number of nitro benzene ring substituents is 1. The standard InChI is InChI=1S/C14H12Br2N2O2/c1-9-2-3-10(6-14(9)18(19)20)8-17-13-5-4-11(15)7-12(13)16/h2-7,17H,8H2,1H3. The van der Waals surface area contributed by atoms with E-state index in [4.69, 9.17) is 0 Å². The maximum atomic E-state index is 10.9. The molecular formula is C14H12Br2N2O2. The van der Waals surface area contributed by atoms with Crippen LogP contribution in [0.15, 0.2) is 45.3 Å². The number of hydrogen-bond acceptors (Lipinski definition) is 3. The van der Waals surface area contributed by atoms with Crippen LogP contribution in [0.5, 0.6) is 0 Å². The van der Waals surface area contributed by atoms with Crippen LogP contribution >= 0.6 is 31.9 Å². The molecule has 0 aromatic heterocycles. The monoisotopic (exact) mass is 398 g/mol. The summed E-state index contributed by atoms with van der Waals surface area (Å²) in [5.41, 5.74) is 2.64. The smallest absolute Gasteiger partial charge is 0.272 e. The largest absolute Gasteiger partial charge is 0.380 e. The van der Waals surface area contributed by atoms with Gasteiger partial charge in [0.15, 0.2) is 0 Å². The third-order valence-corrected chi connectivity index (χ3v) is 4.03. The highest BCUT2D eigenvalue weighted by molar-refractivity contribution is 9.11. The Morgan fingerprint density at radius 3 is 2.60 bits per heavy atom. The highest BCUT2D eigenvalue weighted by atomic mass is 79.9. The quantitative estimate of drug-likeness (QED) is 0.578. The Labute approximate surface area is 133 Å². The van der Waals surface area contributed by atoms with E-state index in [2.05, 4.69) is 37.2 Å². The van der Waals surface area contributed by atoms with E-state index in [1.807, 2.05) is 24.3 Å². The number of rotatable bonds is 4. The molecule has 0 fully saturated rings. The molecule has 0 aliphatic carbocycles. The number of nitrogens with one attached hydrogen (secondary N) is 1. The molecule has 0 bridgehead atoms. The van der Waals surface area contributed by atoms with Crippen LogP contribution in [0.4, 0.5) is 11.4 Å². The first kappa shape index (κ1) is 15.0. The molecule has 104 valence electrons. The van der Waals surface area contributed by atoms with Crippen molar-refractivity contribution in [2.45, 2.75) is 13.5 Å². The summed E-state index contributed by atoms with van der Waals surface area (Å²) >= 11 is 6.86. The molecule has 0 unspecified atom stereocenters. The van der Waals surface area contributed by atoms with Gasteiger partial charge in [-0.15, -0.1) is 0 Å². The van der Waals surface area contributed by atoms with Crippen LogP contribution in [-0.2, 0) is 6.54 Å². The van der Waals surface area contributed by atoms with Gasteiger partial charge in [-0.3, -0.25) is 10.1 Å². The average molecular weight is 400 g/mol. The summed E-state index contributed by atoms with van der Waals surface area (Å²) in [6.45, 7) is 2.27. The lowest BCUT2D eigenvalue weighted by Crippen LogP contribution is -2.01. The van der Waals surface area contributed by atoms with Gasteiger partial charge in [-0.05, 0) is 46.6 Å². The van der Waals surface area contributed by atoms with Crippen LogP contribution in [-0.4, -0.2) is 4.92 Å². The Balaban J connectivity index is 2.15. The second-order valence-corrected chi connectivity index (χ2v) is 6.13. The van der Waals surface area contributed by atoms with Crippen molar-refractivity contribution in [2.24, 2.45) is 0 Å². The van der Waals surface area contributed by atoms with Gasteiger partial charge < -0.3 is 5.32 Å². The Morgan fingerprint density at radius 1 is 1.20 bits per heavy atom. The third-order valence-electron chi connectivity index (χ3n) is 2.88. The van der Waals surface area contributed by atoms with Crippen LogP contribution in [0.25, 0.3) is 0 Å². The fourth-order valence-corrected chi connectivity index (χ4v) is 2.98. The first-order valence-corrected chi connectivity index (χ1v) is 7.49.